The van der Waals surface area contributed by atoms with Gasteiger partial charge in [-0.25, -0.2) is 75.9 Å². The highest BCUT2D eigenvalue weighted by Gasteiger charge is 2.31. The van der Waals surface area contributed by atoms with Crippen molar-refractivity contribution < 1.29 is 52.7 Å². The molecule has 16 nitrogen and oxygen atoms in total. The lowest BCUT2D eigenvalue weighted by atomic mass is 9.91. The molecule has 2 aliphatic rings. The second-order valence-electron chi connectivity index (χ2n) is 20.8. The lowest BCUT2D eigenvalue weighted by molar-refractivity contribution is 0.0491. The number of aryl methyl sites for hydroxylation is 2. The van der Waals surface area contributed by atoms with E-state index in [1.54, 1.807) is 58.9 Å². The molecule has 0 unspecified atom stereocenters. The van der Waals surface area contributed by atoms with Crippen molar-refractivity contribution in [3.05, 3.63) is 144 Å². The summed E-state index contributed by atoms with van der Waals surface area (Å²) >= 11 is 0. The zero-order valence-corrected chi connectivity index (χ0v) is 45.1. The Morgan fingerprint density at radius 3 is 1.46 bits per heavy atom. The minimum Gasteiger partial charge on any atom is -0.444 e. The van der Waals surface area contributed by atoms with Crippen molar-refractivity contribution in [3.63, 3.8) is 0 Å². The van der Waals surface area contributed by atoms with Gasteiger partial charge in [-0.3, -0.25) is 0 Å². The second kappa shape index (κ2) is 22.3. The van der Waals surface area contributed by atoms with Gasteiger partial charge in [0, 0.05) is 70.6 Å². The molecule has 4 atom stereocenters. The molecule has 79 heavy (non-hydrogen) atoms. The number of benzene rings is 4. The van der Waals surface area contributed by atoms with Gasteiger partial charge in [0.2, 0.25) is 0 Å². The number of nitrogens with zero attached hydrogens (tertiary/aromatic N) is 6. The van der Waals surface area contributed by atoms with Crippen LogP contribution in [-0.2, 0) is 24.8 Å². The molecular formula is C55H56F6N10O6S2. The fourth-order valence-electron chi connectivity index (χ4n) is 9.74. The van der Waals surface area contributed by atoms with Crippen LogP contribution in [-0.4, -0.2) is 80.6 Å². The van der Waals surface area contributed by atoms with Gasteiger partial charge in [0.05, 0.1) is 22.2 Å². The summed E-state index contributed by atoms with van der Waals surface area (Å²) in [5.74, 6) is -5.91. The maximum atomic E-state index is 15.1. The third-order valence-electron chi connectivity index (χ3n) is 13.5. The van der Waals surface area contributed by atoms with Crippen LogP contribution in [0.1, 0.15) is 83.3 Å². The average molecular weight is 1130 g/mol. The van der Waals surface area contributed by atoms with E-state index in [0.717, 1.165) is 88.1 Å². The topological polar surface area (TPSA) is 218 Å². The summed E-state index contributed by atoms with van der Waals surface area (Å²) in [6, 6.07) is 14.7. The molecular weight excluding hydrogens is 1070 g/mol. The van der Waals surface area contributed by atoms with Gasteiger partial charge in [0.1, 0.15) is 28.3 Å². The molecule has 0 bridgehead atoms. The van der Waals surface area contributed by atoms with Crippen LogP contribution >= 0.6 is 0 Å². The van der Waals surface area contributed by atoms with Crippen LogP contribution in [0.25, 0.3) is 44.6 Å². The normalized spacial score (nSPS) is 18.0. The molecule has 5 N–H and O–H groups in total. The van der Waals surface area contributed by atoms with E-state index in [1.807, 2.05) is 0 Å². The van der Waals surface area contributed by atoms with Crippen molar-refractivity contribution in [1.29, 1.82) is 0 Å². The first-order valence-corrected chi connectivity index (χ1v) is 28.2. The Kier molecular flexibility index (Phi) is 15.8. The number of ether oxygens (including phenoxy) is 1. The molecule has 0 radical (unpaired) electrons. The number of anilines is 2. The van der Waals surface area contributed by atoms with E-state index in [9.17, 15) is 43.6 Å². The monoisotopic (exact) mass is 1130 g/mol. The number of rotatable bonds is 11. The summed E-state index contributed by atoms with van der Waals surface area (Å²) in [7, 11) is -8.57. The van der Waals surface area contributed by atoms with E-state index >= 15 is 4.39 Å². The zero-order valence-electron chi connectivity index (χ0n) is 43.5. The summed E-state index contributed by atoms with van der Waals surface area (Å²) in [5.41, 5.74) is 6.36. The van der Waals surface area contributed by atoms with Crippen LogP contribution in [0.5, 0.6) is 0 Å². The van der Waals surface area contributed by atoms with Gasteiger partial charge < -0.3 is 26.4 Å². The summed E-state index contributed by atoms with van der Waals surface area (Å²) in [5, 5.41) is 8.81. The minimum atomic E-state index is -4.31. The van der Waals surface area contributed by atoms with Gasteiger partial charge in [0.15, 0.2) is 46.6 Å². The number of nitrogens with two attached hydrogens (primary N) is 1. The van der Waals surface area contributed by atoms with Crippen LogP contribution in [0.2, 0.25) is 0 Å². The lowest BCUT2D eigenvalue weighted by Crippen LogP contribution is -2.44. The molecule has 4 aromatic carbocycles. The molecule has 2 aliphatic carbocycles. The van der Waals surface area contributed by atoms with Gasteiger partial charge in [-0.05, 0) is 122 Å². The molecule has 2 saturated carbocycles. The van der Waals surface area contributed by atoms with Gasteiger partial charge in [-0.2, -0.15) is 0 Å². The molecule has 0 saturated heterocycles. The van der Waals surface area contributed by atoms with Crippen molar-refractivity contribution in [2.75, 3.05) is 10.6 Å². The number of aromatic nitrogens is 6. The van der Waals surface area contributed by atoms with Gasteiger partial charge >= 0.3 is 6.09 Å². The number of hydrogen-bond acceptors (Lipinski definition) is 13. The van der Waals surface area contributed by atoms with Crippen LogP contribution in [0.4, 0.5) is 42.8 Å². The Labute approximate surface area is 452 Å². The summed E-state index contributed by atoms with van der Waals surface area (Å²) in [6.45, 7) is 8.91. The Morgan fingerprint density at radius 1 is 0.608 bits per heavy atom. The molecule has 1 amide bonds. The van der Waals surface area contributed by atoms with E-state index in [4.69, 9.17) is 10.5 Å². The number of alkyl carbamates (subject to hydrolysis) is 1. The maximum Gasteiger partial charge on any atom is 0.407 e. The third kappa shape index (κ3) is 12.3. The summed E-state index contributed by atoms with van der Waals surface area (Å²) in [4.78, 5) is 28.7. The first kappa shape index (κ1) is 56.2. The first-order valence-electron chi connectivity index (χ1n) is 25.3. The second-order valence-corrected chi connectivity index (χ2v) is 24.4. The van der Waals surface area contributed by atoms with E-state index in [1.165, 1.54) is 24.3 Å². The lowest BCUT2D eigenvalue weighted by Gasteiger charge is -2.31. The SMILES string of the molecule is Cc1ccc(S(=O)(=O)n2cc(-c3ncc(F)c(N[C@H]4CCC[C@@H](N)C4)n3)c3cc(F)cc(F)c32)cc1.Cc1ccc(S(=O)(=O)n2cc(-c3ncc(F)c(N[C@H]4CCC[C@@H](NC(=O)OC(C)(C)C)C4)n3)c3cc(F)cc(F)c32)cc1. The highest BCUT2D eigenvalue weighted by Crippen LogP contribution is 2.37. The van der Waals surface area contributed by atoms with E-state index in [-0.39, 0.29) is 90.2 Å². The Hall–Kier alpha value is -7.57. The largest absolute Gasteiger partial charge is 0.444 e. The quantitative estimate of drug-likeness (QED) is 0.0887. The number of carbonyl (C=O) groups is 1. The summed E-state index contributed by atoms with van der Waals surface area (Å²) in [6.07, 6.45) is 9.41. The fraction of sp³-hybridized carbons (Fsp3) is 0.327. The van der Waals surface area contributed by atoms with Crippen molar-refractivity contribution in [2.45, 2.75) is 126 Å². The predicted molar refractivity (Wildman–Crippen MR) is 286 cm³/mol. The zero-order chi connectivity index (χ0) is 56.7. The number of amides is 1. The number of halogens is 6. The van der Waals surface area contributed by atoms with E-state index < -0.39 is 66.6 Å². The fourth-order valence-corrected chi connectivity index (χ4v) is 12.5. The highest BCUT2D eigenvalue weighted by atomic mass is 32.2. The van der Waals surface area contributed by atoms with Gasteiger partial charge in [-0.15, -0.1) is 0 Å². The molecule has 0 spiro atoms. The number of fused-ring (bicyclic) bond motifs is 2. The van der Waals surface area contributed by atoms with Crippen molar-refractivity contribution in [2.24, 2.45) is 5.73 Å². The van der Waals surface area contributed by atoms with Crippen molar-refractivity contribution in [1.82, 2.24) is 33.2 Å². The molecule has 24 heteroatoms. The van der Waals surface area contributed by atoms with Crippen LogP contribution in [0.3, 0.4) is 0 Å². The summed E-state index contributed by atoms with van der Waals surface area (Å²) < 4.78 is 149. The van der Waals surface area contributed by atoms with Crippen LogP contribution in [0, 0.1) is 48.8 Å². The Balaban J connectivity index is 0.000000195. The Morgan fingerprint density at radius 2 is 1.03 bits per heavy atom. The number of nitrogens with one attached hydrogen (secondary N) is 3. The predicted octanol–water partition coefficient (Wildman–Crippen LogP) is 11.1. The van der Waals surface area contributed by atoms with Crippen molar-refractivity contribution in [3.8, 4) is 22.8 Å². The Bertz CT molecular complexity index is 3840. The third-order valence-corrected chi connectivity index (χ3v) is 16.8. The first-order chi connectivity index (χ1) is 37.3. The maximum absolute atomic E-state index is 15.1. The number of carbonyl (C=O) groups excluding carboxylic acids is 1. The van der Waals surface area contributed by atoms with Gasteiger partial charge in [0.25, 0.3) is 20.0 Å². The van der Waals surface area contributed by atoms with E-state index in [0.29, 0.717) is 31.4 Å². The molecule has 10 rings (SSSR count). The highest BCUT2D eigenvalue weighted by molar-refractivity contribution is 7.90. The molecule has 4 heterocycles. The number of hydrogen-bond donors (Lipinski definition) is 4. The van der Waals surface area contributed by atoms with Crippen LogP contribution < -0.4 is 21.7 Å². The molecule has 416 valence electrons. The molecule has 0 aliphatic heterocycles. The van der Waals surface area contributed by atoms with E-state index in [2.05, 4.69) is 35.9 Å². The van der Waals surface area contributed by atoms with Gasteiger partial charge in [-0.1, -0.05) is 35.4 Å². The minimum absolute atomic E-state index is 0.000231. The molecule has 8 aromatic rings. The molecule has 2 fully saturated rings. The van der Waals surface area contributed by atoms with Crippen molar-refractivity contribution >= 4 is 59.6 Å². The average Bonchev–Trinajstić information content (AvgIpc) is 4.00. The standard InChI is InChI=1S/C30H32F3N5O4S.C25H24F3N5O2S/c1-17-8-10-21(11-9-17)43(40,41)38-16-23(22-12-18(31)13-24(32)26(22)38)27-34-15-25(33)28(37-27)35-19-6-5-7-20(14-19)36-29(39)42-30(2,3)4;1-14-5-7-18(8-6-14)36(34,35)33-13-20(19-9-15(26)10-21(27)23(19)33)24-30-12-22(28)25(32-24)31-17-4-2-3-16(29)11-17/h8-13,15-16,19-20H,5-7,14H2,1-4H3,(H,36,39)(H,34,35,37);5-10,12-13,16-17H,2-4,11,29H2,1H3,(H,30,31,32)/t19-,20+;16-,17+/m01/s1. The van der Waals surface area contributed by atoms with Crippen LogP contribution in [0.15, 0.2) is 107 Å². The molecule has 4 aromatic heterocycles. The smallest absolute Gasteiger partial charge is 0.407 e.